The molecule has 1 heterocycles. The first-order chi connectivity index (χ1) is 7.27. The molecule has 0 atom stereocenters. The Morgan fingerprint density at radius 1 is 1.20 bits per heavy atom. The van der Waals surface area contributed by atoms with Gasteiger partial charge in [0.15, 0.2) is 0 Å². The first kappa shape index (κ1) is 10.5. The molecule has 1 saturated heterocycles. The molecule has 80 valence electrons. The summed E-state index contributed by atoms with van der Waals surface area (Å²) in [5.74, 6) is 0.551. The summed E-state index contributed by atoms with van der Waals surface area (Å²) in [5, 5.41) is 8.72. The van der Waals surface area contributed by atoms with E-state index in [2.05, 4.69) is 0 Å². The summed E-state index contributed by atoms with van der Waals surface area (Å²) < 4.78 is 5.25. The number of nitrogens with zero attached hydrogens (tertiary/aromatic N) is 1. The molecule has 0 aliphatic carbocycles. The van der Waals surface area contributed by atoms with E-state index in [0.717, 1.165) is 18.7 Å². The van der Waals surface area contributed by atoms with Gasteiger partial charge < -0.3 is 9.64 Å². The van der Waals surface area contributed by atoms with Crippen molar-refractivity contribution in [3.8, 4) is 0 Å². The van der Waals surface area contributed by atoms with E-state index in [9.17, 15) is 0 Å². The summed E-state index contributed by atoms with van der Waals surface area (Å²) in [4.78, 5) is 2.02. The summed E-state index contributed by atoms with van der Waals surface area (Å²) in [6, 6.07) is 7.37. The van der Waals surface area contributed by atoms with Gasteiger partial charge in [-0.2, -0.15) is 0 Å². The smallest absolute Gasteiger partial charge is 0.128 e. The number of nitrogens with one attached hydrogen (secondary N) is 1. The fraction of sp³-hybridized carbons (Fsp3) is 0.364. The third-order valence-corrected chi connectivity index (χ3v) is 2.70. The number of amidine groups is 1. The molecular weight excluding hydrogens is 212 g/mol. The molecule has 1 aliphatic heterocycles. The first-order valence-corrected chi connectivity index (χ1v) is 5.32. The molecule has 1 N–H and O–H groups in total. The minimum absolute atomic E-state index is 0.551. The molecule has 1 fully saturated rings. The van der Waals surface area contributed by atoms with E-state index >= 15 is 0 Å². The van der Waals surface area contributed by atoms with E-state index in [4.69, 9.17) is 21.7 Å². The highest BCUT2D eigenvalue weighted by molar-refractivity contribution is 6.30. The van der Waals surface area contributed by atoms with Gasteiger partial charge in [0.05, 0.1) is 13.2 Å². The Bertz CT molecular complexity index is 344. The third kappa shape index (κ3) is 2.49. The highest BCUT2D eigenvalue weighted by Gasteiger charge is 2.14. The largest absolute Gasteiger partial charge is 0.378 e. The van der Waals surface area contributed by atoms with Gasteiger partial charge in [0.2, 0.25) is 0 Å². The van der Waals surface area contributed by atoms with Crippen LogP contribution in [0.25, 0.3) is 0 Å². The minimum Gasteiger partial charge on any atom is -0.378 e. The highest BCUT2D eigenvalue weighted by Crippen LogP contribution is 2.12. The highest BCUT2D eigenvalue weighted by atomic mass is 35.5. The molecule has 0 amide bonds. The Labute approximate surface area is 94.1 Å². The van der Waals surface area contributed by atoms with Crippen LogP contribution >= 0.6 is 11.6 Å². The Balaban J connectivity index is 2.09. The maximum atomic E-state index is 8.02. The van der Waals surface area contributed by atoms with Gasteiger partial charge in [-0.25, -0.2) is 0 Å². The van der Waals surface area contributed by atoms with Crippen molar-refractivity contribution in [1.29, 1.82) is 5.41 Å². The number of hydrogen-bond acceptors (Lipinski definition) is 2. The second kappa shape index (κ2) is 4.64. The molecule has 1 aromatic rings. The fourth-order valence-electron chi connectivity index (χ4n) is 1.58. The molecule has 0 aromatic heterocycles. The van der Waals surface area contributed by atoms with Gasteiger partial charge in [0.25, 0.3) is 0 Å². The van der Waals surface area contributed by atoms with Gasteiger partial charge >= 0.3 is 0 Å². The second-order valence-electron chi connectivity index (χ2n) is 3.45. The van der Waals surface area contributed by atoms with Gasteiger partial charge in [0.1, 0.15) is 5.84 Å². The number of benzene rings is 1. The topological polar surface area (TPSA) is 36.3 Å². The van der Waals surface area contributed by atoms with Crippen molar-refractivity contribution in [2.45, 2.75) is 0 Å². The third-order valence-electron chi connectivity index (χ3n) is 2.44. The molecule has 0 radical (unpaired) electrons. The SMILES string of the molecule is N=C(c1ccc(Cl)cc1)N1CCOCC1. The molecule has 2 rings (SSSR count). The molecule has 0 bridgehead atoms. The number of hydrogen-bond donors (Lipinski definition) is 1. The molecule has 0 spiro atoms. The Hall–Kier alpha value is -1.06. The quantitative estimate of drug-likeness (QED) is 0.585. The van der Waals surface area contributed by atoms with Gasteiger partial charge in [-0.3, -0.25) is 5.41 Å². The monoisotopic (exact) mass is 224 g/mol. The van der Waals surface area contributed by atoms with Crippen molar-refractivity contribution >= 4 is 17.4 Å². The van der Waals surface area contributed by atoms with E-state index in [1.165, 1.54) is 0 Å². The summed E-state index contributed by atoms with van der Waals surface area (Å²) >= 11 is 5.80. The molecule has 1 aliphatic rings. The van der Waals surface area contributed by atoms with Gasteiger partial charge in [-0.1, -0.05) is 11.6 Å². The van der Waals surface area contributed by atoms with Gasteiger partial charge in [-0.05, 0) is 24.3 Å². The lowest BCUT2D eigenvalue weighted by molar-refractivity contribution is 0.0680. The van der Waals surface area contributed by atoms with Crippen molar-refractivity contribution in [2.24, 2.45) is 0 Å². The Kier molecular flexibility index (Phi) is 3.23. The van der Waals surface area contributed by atoms with E-state index in [-0.39, 0.29) is 0 Å². The van der Waals surface area contributed by atoms with Crippen LogP contribution in [0.2, 0.25) is 5.02 Å². The summed E-state index contributed by atoms with van der Waals surface area (Å²) in [5.41, 5.74) is 0.904. The summed E-state index contributed by atoms with van der Waals surface area (Å²) in [6.45, 7) is 2.99. The first-order valence-electron chi connectivity index (χ1n) is 4.94. The van der Waals surface area contributed by atoms with Crippen molar-refractivity contribution < 1.29 is 4.74 Å². The maximum absolute atomic E-state index is 8.02. The van der Waals surface area contributed by atoms with Crippen molar-refractivity contribution in [3.05, 3.63) is 34.9 Å². The zero-order valence-electron chi connectivity index (χ0n) is 8.37. The van der Waals surface area contributed by atoms with Crippen molar-refractivity contribution in [3.63, 3.8) is 0 Å². The molecule has 0 saturated carbocycles. The van der Waals surface area contributed by atoms with Crippen molar-refractivity contribution in [1.82, 2.24) is 4.90 Å². The average Bonchev–Trinajstić information content (AvgIpc) is 2.30. The molecule has 15 heavy (non-hydrogen) atoms. The minimum atomic E-state index is 0.551. The van der Waals surface area contributed by atoms with Crippen LogP contribution < -0.4 is 0 Å². The average molecular weight is 225 g/mol. The van der Waals surface area contributed by atoms with Crippen LogP contribution in [0, 0.1) is 5.41 Å². The van der Waals surface area contributed by atoms with E-state index < -0.39 is 0 Å². The molecule has 0 unspecified atom stereocenters. The summed E-state index contributed by atoms with van der Waals surface area (Å²) in [7, 11) is 0. The maximum Gasteiger partial charge on any atom is 0.128 e. The zero-order valence-corrected chi connectivity index (χ0v) is 9.13. The number of morpholine rings is 1. The number of rotatable bonds is 1. The number of halogens is 1. The van der Waals surface area contributed by atoms with Crippen LogP contribution in [0.1, 0.15) is 5.56 Å². The lowest BCUT2D eigenvalue weighted by atomic mass is 10.2. The van der Waals surface area contributed by atoms with Gasteiger partial charge in [-0.15, -0.1) is 0 Å². The predicted octanol–water partition coefficient (Wildman–Crippen LogP) is 2.00. The van der Waals surface area contributed by atoms with Crippen LogP contribution in [0.4, 0.5) is 0 Å². The molecular formula is C11H13ClN2O. The Morgan fingerprint density at radius 2 is 1.80 bits per heavy atom. The standard InChI is InChI=1S/C11H13ClN2O/c12-10-3-1-9(2-4-10)11(13)14-5-7-15-8-6-14/h1-4,13H,5-8H2. The second-order valence-corrected chi connectivity index (χ2v) is 3.89. The summed E-state index contributed by atoms with van der Waals surface area (Å²) in [6.07, 6.45) is 0. The van der Waals surface area contributed by atoms with E-state index in [1.807, 2.05) is 29.2 Å². The fourth-order valence-corrected chi connectivity index (χ4v) is 1.70. The van der Waals surface area contributed by atoms with Crippen LogP contribution in [0.15, 0.2) is 24.3 Å². The van der Waals surface area contributed by atoms with E-state index in [1.54, 1.807) is 0 Å². The van der Waals surface area contributed by atoms with Crippen LogP contribution in [-0.4, -0.2) is 37.0 Å². The number of ether oxygens (including phenoxy) is 1. The van der Waals surface area contributed by atoms with Crippen LogP contribution in [0.3, 0.4) is 0 Å². The normalized spacial score (nSPS) is 16.5. The van der Waals surface area contributed by atoms with Crippen LogP contribution in [-0.2, 0) is 4.74 Å². The van der Waals surface area contributed by atoms with E-state index in [0.29, 0.717) is 24.1 Å². The van der Waals surface area contributed by atoms with Gasteiger partial charge in [0, 0.05) is 23.7 Å². The lowest BCUT2D eigenvalue weighted by Gasteiger charge is -2.29. The molecule has 1 aromatic carbocycles. The molecule has 3 nitrogen and oxygen atoms in total. The zero-order chi connectivity index (χ0) is 10.7. The molecule has 4 heteroatoms. The van der Waals surface area contributed by atoms with Crippen molar-refractivity contribution in [2.75, 3.05) is 26.3 Å². The predicted molar refractivity (Wildman–Crippen MR) is 60.7 cm³/mol. The Morgan fingerprint density at radius 3 is 2.40 bits per heavy atom. The lowest BCUT2D eigenvalue weighted by Crippen LogP contribution is -2.40. The van der Waals surface area contributed by atoms with Crippen LogP contribution in [0.5, 0.6) is 0 Å².